The molecule has 1 heterocycles. The largest absolute Gasteiger partial charge is 0.394 e. The van der Waals surface area contributed by atoms with Crippen LogP contribution in [0.1, 0.15) is 61.0 Å². The summed E-state index contributed by atoms with van der Waals surface area (Å²) in [5.74, 6) is 0.163. The summed E-state index contributed by atoms with van der Waals surface area (Å²) >= 11 is 6.49. The summed E-state index contributed by atoms with van der Waals surface area (Å²) in [6.45, 7) is 4.23. The molecule has 2 aromatic rings. The van der Waals surface area contributed by atoms with Crippen molar-refractivity contribution in [1.29, 1.82) is 0 Å². The maximum atomic E-state index is 10.1. The summed E-state index contributed by atoms with van der Waals surface area (Å²) < 4.78 is 5.95. The molecule has 3 rings (SSSR count). The van der Waals surface area contributed by atoms with Crippen LogP contribution >= 0.6 is 11.6 Å². The molecule has 0 aliphatic carbocycles. The predicted octanol–water partition coefficient (Wildman–Crippen LogP) is 4.63. The minimum atomic E-state index is -0.455. The van der Waals surface area contributed by atoms with Crippen LogP contribution in [0.3, 0.4) is 0 Å². The number of rotatable bonds is 5. The number of hydrogen-bond acceptors (Lipinski definition) is 3. The lowest BCUT2D eigenvalue weighted by molar-refractivity contribution is -0.113. The normalized spacial score (nSPS) is 24.4. The van der Waals surface area contributed by atoms with Crippen molar-refractivity contribution in [2.75, 3.05) is 6.61 Å². The van der Waals surface area contributed by atoms with Gasteiger partial charge in [0.05, 0.1) is 24.9 Å². The second-order valence-corrected chi connectivity index (χ2v) is 7.56. The molecule has 4 atom stereocenters. The third-order valence-electron chi connectivity index (χ3n) is 5.33. The van der Waals surface area contributed by atoms with Gasteiger partial charge in [-0.25, -0.2) is 0 Å². The molecule has 0 bridgehead atoms. The van der Waals surface area contributed by atoms with E-state index in [4.69, 9.17) is 16.3 Å². The topological polar surface area (TPSA) is 49.7 Å². The van der Waals surface area contributed by atoms with Crippen molar-refractivity contribution in [2.24, 2.45) is 0 Å². The zero-order valence-corrected chi connectivity index (χ0v) is 16.1. The lowest BCUT2D eigenvalue weighted by Crippen LogP contribution is -2.33. The SMILES string of the molecule is CCc1ccc(C(C)c2cc(C3CC(O)CC(CO)O3)ccc2Cl)cc1. The predicted molar refractivity (Wildman–Crippen MR) is 105 cm³/mol. The maximum Gasteiger partial charge on any atom is 0.0854 e. The van der Waals surface area contributed by atoms with Gasteiger partial charge in [-0.15, -0.1) is 0 Å². The van der Waals surface area contributed by atoms with Crippen LogP contribution in [0.2, 0.25) is 5.02 Å². The quantitative estimate of drug-likeness (QED) is 0.802. The molecule has 4 heteroatoms. The van der Waals surface area contributed by atoms with Crippen LogP contribution in [0.4, 0.5) is 0 Å². The van der Waals surface area contributed by atoms with E-state index in [0.717, 1.165) is 22.6 Å². The Bertz CT molecular complexity index is 729. The number of aliphatic hydroxyl groups is 2. The van der Waals surface area contributed by atoms with Crippen molar-refractivity contribution in [3.8, 4) is 0 Å². The van der Waals surface area contributed by atoms with Crippen molar-refractivity contribution >= 4 is 11.6 Å². The van der Waals surface area contributed by atoms with E-state index >= 15 is 0 Å². The van der Waals surface area contributed by atoms with Gasteiger partial charge in [0.1, 0.15) is 0 Å². The smallest absolute Gasteiger partial charge is 0.0854 e. The number of hydrogen-bond donors (Lipinski definition) is 2. The number of benzene rings is 2. The van der Waals surface area contributed by atoms with Gasteiger partial charge in [0.15, 0.2) is 0 Å². The standard InChI is InChI=1S/C22H27ClO3/c1-3-15-4-6-16(7-5-15)14(2)20-10-17(8-9-21(20)23)22-12-18(25)11-19(13-24)26-22/h4-10,14,18-19,22,24-25H,3,11-13H2,1-2H3. The number of halogens is 1. The Morgan fingerprint density at radius 1 is 1.15 bits per heavy atom. The third-order valence-corrected chi connectivity index (χ3v) is 5.67. The molecule has 3 nitrogen and oxygen atoms in total. The molecule has 1 saturated heterocycles. The van der Waals surface area contributed by atoms with Crippen LogP contribution < -0.4 is 0 Å². The van der Waals surface area contributed by atoms with Gasteiger partial charge >= 0.3 is 0 Å². The first kappa shape index (κ1) is 19.4. The highest BCUT2D eigenvalue weighted by Crippen LogP contribution is 2.36. The molecule has 0 aromatic heterocycles. The van der Waals surface area contributed by atoms with E-state index in [-0.39, 0.29) is 24.7 Å². The Labute approximate surface area is 160 Å². The van der Waals surface area contributed by atoms with Crippen molar-refractivity contribution < 1.29 is 14.9 Å². The fourth-order valence-electron chi connectivity index (χ4n) is 3.64. The summed E-state index contributed by atoms with van der Waals surface area (Å²) in [5.41, 5.74) is 4.59. The molecular formula is C22H27ClO3. The summed E-state index contributed by atoms with van der Waals surface area (Å²) in [6.07, 6.45) is 1.05. The Balaban J connectivity index is 1.87. The summed E-state index contributed by atoms with van der Waals surface area (Å²) in [7, 11) is 0. The minimum absolute atomic E-state index is 0.0752. The van der Waals surface area contributed by atoms with Crippen LogP contribution in [0.25, 0.3) is 0 Å². The van der Waals surface area contributed by atoms with E-state index in [1.54, 1.807) is 0 Å². The molecule has 0 spiro atoms. The van der Waals surface area contributed by atoms with Crippen LogP contribution in [-0.4, -0.2) is 29.0 Å². The highest BCUT2D eigenvalue weighted by atomic mass is 35.5. The number of ether oxygens (including phenoxy) is 1. The fraction of sp³-hybridized carbons (Fsp3) is 0.455. The Morgan fingerprint density at radius 2 is 1.88 bits per heavy atom. The molecule has 1 fully saturated rings. The van der Waals surface area contributed by atoms with Crippen molar-refractivity contribution in [1.82, 2.24) is 0 Å². The molecule has 1 aliphatic rings. The van der Waals surface area contributed by atoms with Crippen molar-refractivity contribution in [2.45, 2.75) is 57.3 Å². The van der Waals surface area contributed by atoms with Crippen LogP contribution in [0.15, 0.2) is 42.5 Å². The van der Waals surface area contributed by atoms with E-state index in [2.05, 4.69) is 44.2 Å². The van der Waals surface area contributed by atoms with Gasteiger partial charge in [0, 0.05) is 23.8 Å². The molecule has 2 N–H and O–H groups in total. The summed E-state index contributed by atoms with van der Waals surface area (Å²) in [5, 5.41) is 20.2. The molecule has 26 heavy (non-hydrogen) atoms. The first-order chi connectivity index (χ1) is 12.5. The van der Waals surface area contributed by atoms with Gasteiger partial charge in [-0.05, 0) is 34.7 Å². The molecular weight excluding hydrogens is 348 g/mol. The van der Waals surface area contributed by atoms with E-state index in [1.807, 2.05) is 12.1 Å². The molecule has 0 amide bonds. The first-order valence-electron chi connectivity index (χ1n) is 9.34. The molecule has 4 unspecified atom stereocenters. The van der Waals surface area contributed by atoms with E-state index in [9.17, 15) is 10.2 Å². The summed E-state index contributed by atoms with van der Waals surface area (Å²) in [6, 6.07) is 14.6. The Morgan fingerprint density at radius 3 is 2.54 bits per heavy atom. The van der Waals surface area contributed by atoms with Crippen LogP contribution in [0.5, 0.6) is 0 Å². The number of aliphatic hydroxyl groups excluding tert-OH is 2. The summed E-state index contributed by atoms with van der Waals surface area (Å²) in [4.78, 5) is 0. The van der Waals surface area contributed by atoms with Gasteiger partial charge in [-0.1, -0.05) is 61.8 Å². The van der Waals surface area contributed by atoms with Gasteiger partial charge in [-0.2, -0.15) is 0 Å². The Kier molecular flexibility index (Phi) is 6.36. The van der Waals surface area contributed by atoms with E-state index < -0.39 is 6.10 Å². The lowest BCUT2D eigenvalue weighted by Gasteiger charge is -2.33. The molecule has 0 saturated carbocycles. The second-order valence-electron chi connectivity index (χ2n) is 7.15. The first-order valence-corrected chi connectivity index (χ1v) is 9.72. The lowest BCUT2D eigenvalue weighted by atomic mass is 9.89. The number of aryl methyl sites for hydroxylation is 1. The highest BCUT2D eigenvalue weighted by molar-refractivity contribution is 6.31. The van der Waals surface area contributed by atoms with E-state index in [0.29, 0.717) is 12.8 Å². The zero-order chi connectivity index (χ0) is 18.7. The highest BCUT2D eigenvalue weighted by Gasteiger charge is 2.29. The second kappa shape index (κ2) is 8.53. The van der Waals surface area contributed by atoms with Crippen LogP contribution in [-0.2, 0) is 11.2 Å². The van der Waals surface area contributed by atoms with Gasteiger partial charge in [0.25, 0.3) is 0 Å². The van der Waals surface area contributed by atoms with E-state index in [1.165, 1.54) is 11.1 Å². The molecule has 0 radical (unpaired) electrons. The van der Waals surface area contributed by atoms with Gasteiger partial charge in [0.2, 0.25) is 0 Å². The van der Waals surface area contributed by atoms with Crippen molar-refractivity contribution in [3.05, 3.63) is 69.7 Å². The van der Waals surface area contributed by atoms with Gasteiger partial charge < -0.3 is 14.9 Å². The zero-order valence-electron chi connectivity index (χ0n) is 15.4. The average molecular weight is 375 g/mol. The van der Waals surface area contributed by atoms with Gasteiger partial charge in [-0.3, -0.25) is 0 Å². The average Bonchev–Trinajstić information content (AvgIpc) is 2.67. The maximum absolute atomic E-state index is 10.1. The molecule has 1 aliphatic heterocycles. The monoisotopic (exact) mass is 374 g/mol. The third kappa shape index (κ3) is 4.29. The molecule has 2 aromatic carbocycles. The Hall–Kier alpha value is -1.39. The molecule has 140 valence electrons. The van der Waals surface area contributed by atoms with Crippen LogP contribution in [0, 0.1) is 0 Å². The van der Waals surface area contributed by atoms with Crippen molar-refractivity contribution in [3.63, 3.8) is 0 Å². The fourth-order valence-corrected chi connectivity index (χ4v) is 3.92. The minimum Gasteiger partial charge on any atom is -0.394 e.